The van der Waals surface area contributed by atoms with Crippen molar-refractivity contribution in [3.8, 4) is 17.0 Å². The van der Waals surface area contributed by atoms with Crippen LogP contribution in [0.1, 0.15) is 24.2 Å². The van der Waals surface area contributed by atoms with Crippen LogP contribution < -0.4 is 15.4 Å². The zero-order valence-electron chi connectivity index (χ0n) is 16.2. The van der Waals surface area contributed by atoms with Gasteiger partial charge in [-0.1, -0.05) is 26.0 Å². The minimum absolute atomic E-state index is 0.00899. The lowest BCUT2D eigenvalue weighted by atomic mass is 10.1. The molecule has 3 rings (SSSR count). The molecule has 30 heavy (non-hydrogen) atoms. The summed E-state index contributed by atoms with van der Waals surface area (Å²) in [6.07, 6.45) is 0. The van der Waals surface area contributed by atoms with Gasteiger partial charge in [0, 0.05) is 28.1 Å². The SMILES string of the molecule is CC(C)C(=O)Nc1ccc(C(=O)Nc2nc(-c3ccccc3OC(F)F)cs2)cc1. The summed E-state index contributed by atoms with van der Waals surface area (Å²) in [5.74, 6) is -0.633. The number of amides is 2. The molecule has 0 fully saturated rings. The predicted octanol–water partition coefficient (Wildman–Crippen LogP) is 5.26. The van der Waals surface area contributed by atoms with Crippen LogP contribution in [-0.4, -0.2) is 23.4 Å². The highest BCUT2D eigenvalue weighted by Gasteiger charge is 2.15. The van der Waals surface area contributed by atoms with E-state index in [2.05, 4.69) is 20.4 Å². The summed E-state index contributed by atoms with van der Waals surface area (Å²) in [6.45, 7) is 0.631. The highest BCUT2D eigenvalue weighted by atomic mass is 32.1. The van der Waals surface area contributed by atoms with Crippen LogP contribution in [0.2, 0.25) is 0 Å². The first-order valence-corrected chi connectivity index (χ1v) is 9.93. The van der Waals surface area contributed by atoms with Gasteiger partial charge in [-0.3, -0.25) is 14.9 Å². The number of carbonyl (C=O) groups is 2. The van der Waals surface area contributed by atoms with E-state index in [0.29, 0.717) is 27.6 Å². The summed E-state index contributed by atoms with van der Waals surface area (Å²) in [6, 6.07) is 12.8. The van der Waals surface area contributed by atoms with Crippen molar-refractivity contribution >= 4 is 34.0 Å². The minimum Gasteiger partial charge on any atom is -0.434 e. The number of halogens is 2. The summed E-state index contributed by atoms with van der Waals surface area (Å²) in [5, 5.41) is 7.40. The molecule has 0 bridgehead atoms. The number of ether oxygens (including phenoxy) is 1. The number of benzene rings is 2. The van der Waals surface area contributed by atoms with E-state index in [-0.39, 0.29) is 23.5 Å². The van der Waals surface area contributed by atoms with Gasteiger partial charge in [-0.2, -0.15) is 8.78 Å². The van der Waals surface area contributed by atoms with Crippen LogP contribution >= 0.6 is 11.3 Å². The number of para-hydroxylation sites is 1. The number of carbonyl (C=O) groups excluding carboxylic acids is 2. The van der Waals surface area contributed by atoms with E-state index in [1.807, 2.05) is 0 Å². The Hall–Kier alpha value is -3.33. The Bertz CT molecular complexity index is 1040. The first-order valence-electron chi connectivity index (χ1n) is 9.05. The van der Waals surface area contributed by atoms with Crippen LogP contribution in [0, 0.1) is 5.92 Å². The van der Waals surface area contributed by atoms with Crippen molar-refractivity contribution in [3.05, 3.63) is 59.5 Å². The Morgan fingerprint density at radius 2 is 1.73 bits per heavy atom. The van der Waals surface area contributed by atoms with Gasteiger partial charge in [0.25, 0.3) is 5.91 Å². The Balaban J connectivity index is 1.69. The van der Waals surface area contributed by atoms with Crippen molar-refractivity contribution in [1.82, 2.24) is 4.98 Å². The van der Waals surface area contributed by atoms with Crippen LogP contribution in [0.15, 0.2) is 53.9 Å². The molecule has 156 valence electrons. The molecule has 0 aliphatic rings. The second-order valence-electron chi connectivity index (χ2n) is 6.59. The number of anilines is 2. The molecular weight excluding hydrogens is 412 g/mol. The number of hydrogen-bond donors (Lipinski definition) is 2. The lowest BCUT2D eigenvalue weighted by molar-refractivity contribution is -0.118. The maximum Gasteiger partial charge on any atom is 0.387 e. The van der Waals surface area contributed by atoms with Crippen LogP contribution in [-0.2, 0) is 4.79 Å². The van der Waals surface area contributed by atoms with Crippen molar-refractivity contribution in [1.29, 1.82) is 0 Å². The van der Waals surface area contributed by atoms with Crippen molar-refractivity contribution in [2.75, 3.05) is 10.6 Å². The van der Waals surface area contributed by atoms with Gasteiger partial charge < -0.3 is 10.1 Å². The van der Waals surface area contributed by atoms with E-state index in [0.717, 1.165) is 0 Å². The molecule has 1 heterocycles. The van der Waals surface area contributed by atoms with Gasteiger partial charge in [0.2, 0.25) is 5.91 Å². The van der Waals surface area contributed by atoms with Crippen LogP contribution in [0.5, 0.6) is 5.75 Å². The normalized spacial score (nSPS) is 10.9. The van der Waals surface area contributed by atoms with Crippen molar-refractivity contribution in [2.45, 2.75) is 20.5 Å². The Kier molecular flexibility index (Phi) is 6.73. The van der Waals surface area contributed by atoms with Gasteiger partial charge in [-0.05, 0) is 36.4 Å². The molecule has 2 aromatic carbocycles. The average molecular weight is 431 g/mol. The molecule has 9 heteroatoms. The van der Waals surface area contributed by atoms with Crippen molar-refractivity contribution in [2.24, 2.45) is 5.92 Å². The van der Waals surface area contributed by atoms with E-state index in [9.17, 15) is 18.4 Å². The standard InChI is InChI=1S/C21H19F2N3O3S/c1-12(2)18(27)24-14-9-7-13(8-10-14)19(28)26-21-25-16(11-30-21)15-5-3-4-6-17(15)29-20(22)23/h3-12,20H,1-2H3,(H,24,27)(H,25,26,28). The zero-order chi connectivity index (χ0) is 21.7. The highest BCUT2D eigenvalue weighted by molar-refractivity contribution is 7.14. The number of rotatable bonds is 7. The monoisotopic (exact) mass is 431 g/mol. The number of aromatic nitrogens is 1. The molecule has 0 saturated carbocycles. The van der Waals surface area contributed by atoms with Crippen LogP contribution in [0.3, 0.4) is 0 Å². The summed E-state index contributed by atoms with van der Waals surface area (Å²) in [4.78, 5) is 28.5. The van der Waals surface area contributed by atoms with Crippen LogP contribution in [0.4, 0.5) is 19.6 Å². The van der Waals surface area contributed by atoms with Gasteiger partial charge >= 0.3 is 6.61 Å². The molecule has 0 atom stereocenters. The molecule has 6 nitrogen and oxygen atoms in total. The highest BCUT2D eigenvalue weighted by Crippen LogP contribution is 2.33. The van der Waals surface area contributed by atoms with Crippen LogP contribution in [0.25, 0.3) is 11.3 Å². The largest absolute Gasteiger partial charge is 0.434 e. The maximum atomic E-state index is 12.6. The number of nitrogens with one attached hydrogen (secondary N) is 2. The Labute approximate surface area is 175 Å². The van der Waals surface area contributed by atoms with Gasteiger partial charge in [0.1, 0.15) is 5.75 Å². The third-order valence-electron chi connectivity index (χ3n) is 4.04. The molecule has 2 amide bonds. The molecule has 0 saturated heterocycles. The molecule has 1 aromatic heterocycles. The molecule has 0 radical (unpaired) electrons. The average Bonchev–Trinajstić information content (AvgIpc) is 3.16. The lowest BCUT2D eigenvalue weighted by Crippen LogP contribution is -2.18. The molecule has 3 aromatic rings. The zero-order valence-corrected chi connectivity index (χ0v) is 17.0. The van der Waals surface area contributed by atoms with Gasteiger partial charge in [-0.25, -0.2) is 4.98 Å². The molecule has 2 N–H and O–H groups in total. The van der Waals surface area contributed by atoms with Crippen molar-refractivity contribution < 1.29 is 23.1 Å². The number of nitrogens with zero attached hydrogens (tertiary/aromatic N) is 1. The van der Waals surface area contributed by atoms with Gasteiger partial charge in [-0.15, -0.1) is 11.3 Å². The van der Waals surface area contributed by atoms with E-state index in [4.69, 9.17) is 0 Å². The molecule has 0 spiro atoms. The second kappa shape index (κ2) is 9.45. The first-order chi connectivity index (χ1) is 14.3. The number of alkyl halides is 2. The molecule has 0 aliphatic heterocycles. The minimum atomic E-state index is -2.95. The first kappa shape index (κ1) is 21.4. The van der Waals surface area contributed by atoms with E-state index < -0.39 is 6.61 Å². The quantitative estimate of drug-likeness (QED) is 0.535. The van der Waals surface area contributed by atoms with Gasteiger partial charge in [0.15, 0.2) is 5.13 Å². The van der Waals surface area contributed by atoms with Gasteiger partial charge in [0.05, 0.1) is 5.69 Å². The molecule has 0 unspecified atom stereocenters. The van der Waals surface area contributed by atoms with E-state index >= 15 is 0 Å². The fourth-order valence-electron chi connectivity index (χ4n) is 2.49. The summed E-state index contributed by atoms with van der Waals surface area (Å²) < 4.78 is 29.7. The summed E-state index contributed by atoms with van der Waals surface area (Å²) in [5.41, 5.74) is 1.80. The Morgan fingerprint density at radius 1 is 1.03 bits per heavy atom. The number of thiazole rings is 1. The third kappa shape index (κ3) is 5.38. The van der Waals surface area contributed by atoms with E-state index in [1.165, 1.54) is 17.4 Å². The summed E-state index contributed by atoms with van der Waals surface area (Å²) >= 11 is 1.17. The topological polar surface area (TPSA) is 80.3 Å². The lowest BCUT2D eigenvalue weighted by Gasteiger charge is -2.09. The van der Waals surface area contributed by atoms with Crippen molar-refractivity contribution in [3.63, 3.8) is 0 Å². The number of hydrogen-bond acceptors (Lipinski definition) is 5. The van der Waals surface area contributed by atoms with E-state index in [1.54, 1.807) is 61.7 Å². The molecular formula is C21H19F2N3O3S. The second-order valence-corrected chi connectivity index (χ2v) is 7.45. The maximum absolute atomic E-state index is 12.6. The summed E-state index contributed by atoms with van der Waals surface area (Å²) in [7, 11) is 0. The smallest absolute Gasteiger partial charge is 0.387 e. The predicted molar refractivity (Wildman–Crippen MR) is 112 cm³/mol. The molecule has 0 aliphatic carbocycles. The Morgan fingerprint density at radius 3 is 2.40 bits per heavy atom. The third-order valence-corrected chi connectivity index (χ3v) is 4.80. The fraction of sp³-hybridized carbons (Fsp3) is 0.190. The fourth-order valence-corrected chi connectivity index (χ4v) is 3.20.